The summed E-state index contributed by atoms with van der Waals surface area (Å²) in [6, 6.07) is 7.54. The summed E-state index contributed by atoms with van der Waals surface area (Å²) < 4.78 is 9.14. The molecule has 0 aliphatic carbocycles. The number of nitrogens with zero attached hydrogens (tertiary/aromatic N) is 2. The zero-order valence-electron chi connectivity index (χ0n) is 7.95. The third-order valence-electron chi connectivity index (χ3n) is 1.82. The van der Waals surface area contributed by atoms with E-state index in [1.54, 1.807) is 4.68 Å². The molecule has 0 unspecified atom stereocenters. The second-order valence-corrected chi connectivity index (χ2v) is 4.63. The van der Waals surface area contributed by atoms with Gasteiger partial charge in [0.2, 0.25) is 5.88 Å². The van der Waals surface area contributed by atoms with Crippen LogP contribution in [0.4, 0.5) is 0 Å². The van der Waals surface area contributed by atoms with Crippen LogP contribution < -0.4 is 4.74 Å². The molecule has 5 heteroatoms. The smallest absolute Gasteiger partial charge is 0.238 e. The Morgan fingerprint density at radius 3 is 2.73 bits per heavy atom. The zero-order chi connectivity index (χ0) is 10.8. The topological polar surface area (TPSA) is 27.1 Å². The highest BCUT2D eigenvalue weighted by Crippen LogP contribution is 2.34. The van der Waals surface area contributed by atoms with Crippen LogP contribution in [-0.2, 0) is 7.05 Å². The Morgan fingerprint density at radius 1 is 1.27 bits per heavy atom. The Kier molecular flexibility index (Phi) is 3.11. The standard InChI is InChI=1S/C10H8Br2N2O/c1-14-6-5-9(13-14)15-8-4-2-3-7(11)10(8)12/h2-6H,1H3. The van der Waals surface area contributed by atoms with E-state index in [4.69, 9.17) is 4.74 Å². The second kappa shape index (κ2) is 4.37. The highest BCUT2D eigenvalue weighted by atomic mass is 79.9. The molecule has 15 heavy (non-hydrogen) atoms. The van der Waals surface area contributed by atoms with E-state index in [0.717, 1.165) is 14.7 Å². The van der Waals surface area contributed by atoms with Crippen LogP contribution in [0.15, 0.2) is 39.4 Å². The van der Waals surface area contributed by atoms with Crippen LogP contribution in [0.25, 0.3) is 0 Å². The first-order valence-electron chi connectivity index (χ1n) is 4.28. The minimum atomic E-state index is 0.580. The second-order valence-electron chi connectivity index (χ2n) is 2.98. The molecule has 0 amide bonds. The van der Waals surface area contributed by atoms with Gasteiger partial charge in [-0.05, 0) is 44.0 Å². The lowest BCUT2D eigenvalue weighted by molar-refractivity contribution is 0.451. The average Bonchev–Trinajstić information content (AvgIpc) is 2.59. The van der Waals surface area contributed by atoms with E-state index in [9.17, 15) is 0 Å². The highest BCUT2D eigenvalue weighted by Gasteiger charge is 2.06. The quantitative estimate of drug-likeness (QED) is 0.838. The summed E-state index contributed by atoms with van der Waals surface area (Å²) in [6.45, 7) is 0. The predicted octanol–water partition coefficient (Wildman–Crippen LogP) is 3.74. The Morgan fingerprint density at radius 2 is 2.07 bits per heavy atom. The SMILES string of the molecule is Cn1ccc(Oc2cccc(Br)c2Br)n1. The summed E-state index contributed by atoms with van der Waals surface area (Å²) in [7, 11) is 1.85. The normalized spacial score (nSPS) is 10.3. The first kappa shape index (κ1) is 10.7. The molecule has 2 rings (SSSR count). The number of ether oxygens (including phenoxy) is 1. The molecule has 1 aromatic heterocycles. The van der Waals surface area contributed by atoms with Crippen LogP contribution in [-0.4, -0.2) is 9.78 Å². The molecular formula is C10H8Br2N2O. The van der Waals surface area contributed by atoms with Crippen molar-refractivity contribution >= 4 is 31.9 Å². The van der Waals surface area contributed by atoms with Crippen molar-refractivity contribution in [1.29, 1.82) is 0 Å². The first-order chi connectivity index (χ1) is 7.16. The number of hydrogen-bond donors (Lipinski definition) is 0. The van der Waals surface area contributed by atoms with Crippen LogP contribution in [0.1, 0.15) is 0 Å². The van der Waals surface area contributed by atoms with Gasteiger partial charge in [-0.2, -0.15) is 0 Å². The van der Waals surface area contributed by atoms with Gasteiger partial charge in [0.05, 0.1) is 4.47 Å². The maximum atomic E-state index is 5.60. The van der Waals surface area contributed by atoms with Gasteiger partial charge < -0.3 is 4.74 Å². The molecule has 0 radical (unpaired) electrons. The molecule has 1 aromatic carbocycles. The van der Waals surface area contributed by atoms with Crippen LogP contribution >= 0.6 is 31.9 Å². The van der Waals surface area contributed by atoms with Crippen molar-refractivity contribution in [3.63, 3.8) is 0 Å². The van der Waals surface area contributed by atoms with Gasteiger partial charge in [-0.3, -0.25) is 4.68 Å². The number of rotatable bonds is 2. The largest absolute Gasteiger partial charge is 0.436 e. The summed E-state index contributed by atoms with van der Waals surface area (Å²) in [5.74, 6) is 1.32. The molecule has 0 spiro atoms. The molecule has 0 saturated heterocycles. The lowest BCUT2D eigenvalue weighted by Crippen LogP contribution is -1.90. The molecule has 0 aliphatic heterocycles. The predicted molar refractivity (Wildman–Crippen MR) is 65.1 cm³/mol. The van der Waals surface area contributed by atoms with Gasteiger partial charge in [0.15, 0.2) is 0 Å². The Hall–Kier alpha value is -0.810. The van der Waals surface area contributed by atoms with Crippen LogP contribution in [0.5, 0.6) is 11.6 Å². The van der Waals surface area contributed by atoms with Crippen molar-refractivity contribution in [1.82, 2.24) is 9.78 Å². The number of halogens is 2. The summed E-state index contributed by atoms with van der Waals surface area (Å²) in [4.78, 5) is 0. The van der Waals surface area contributed by atoms with E-state index in [2.05, 4.69) is 37.0 Å². The fourth-order valence-corrected chi connectivity index (χ4v) is 1.82. The number of aromatic nitrogens is 2. The molecular weight excluding hydrogens is 324 g/mol. The molecule has 3 nitrogen and oxygen atoms in total. The van der Waals surface area contributed by atoms with E-state index in [1.807, 2.05) is 37.5 Å². The van der Waals surface area contributed by atoms with Crippen molar-refractivity contribution in [3.05, 3.63) is 39.4 Å². The molecule has 1 heterocycles. The molecule has 78 valence electrons. The van der Waals surface area contributed by atoms with Gasteiger partial charge in [-0.25, -0.2) is 0 Å². The van der Waals surface area contributed by atoms with Gasteiger partial charge in [0.1, 0.15) is 5.75 Å². The number of aryl methyl sites for hydroxylation is 1. The number of hydrogen-bond acceptors (Lipinski definition) is 2. The van der Waals surface area contributed by atoms with E-state index >= 15 is 0 Å². The highest BCUT2D eigenvalue weighted by molar-refractivity contribution is 9.13. The molecule has 2 aromatic rings. The zero-order valence-corrected chi connectivity index (χ0v) is 11.1. The van der Waals surface area contributed by atoms with Crippen molar-refractivity contribution in [2.75, 3.05) is 0 Å². The number of benzene rings is 1. The molecule has 0 aliphatic rings. The molecule has 0 atom stereocenters. The lowest BCUT2D eigenvalue weighted by Gasteiger charge is -2.05. The molecule has 0 fully saturated rings. The first-order valence-corrected chi connectivity index (χ1v) is 5.87. The van der Waals surface area contributed by atoms with E-state index in [0.29, 0.717) is 5.88 Å². The van der Waals surface area contributed by atoms with E-state index in [-0.39, 0.29) is 0 Å². The third kappa shape index (κ3) is 2.41. The maximum Gasteiger partial charge on any atom is 0.238 e. The third-order valence-corrected chi connectivity index (χ3v) is 3.83. The van der Waals surface area contributed by atoms with Crippen molar-refractivity contribution in [3.8, 4) is 11.6 Å². The maximum absolute atomic E-state index is 5.60. The Bertz CT molecular complexity index is 482. The van der Waals surface area contributed by atoms with Gasteiger partial charge in [-0.1, -0.05) is 6.07 Å². The summed E-state index contributed by atoms with van der Waals surface area (Å²) in [5.41, 5.74) is 0. The van der Waals surface area contributed by atoms with E-state index < -0.39 is 0 Å². The monoisotopic (exact) mass is 330 g/mol. The summed E-state index contributed by atoms with van der Waals surface area (Å²) in [6.07, 6.45) is 1.83. The van der Waals surface area contributed by atoms with Gasteiger partial charge in [0.25, 0.3) is 0 Å². The van der Waals surface area contributed by atoms with Crippen molar-refractivity contribution < 1.29 is 4.74 Å². The van der Waals surface area contributed by atoms with E-state index in [1.165, 1.54) is 0 Å². The summed E-state index contributed by atoms with van der Waals surface area (Å²) in [5, 5.41) is 4.14. The summed E-state index contributed by atoms with van der Waals surface area (Å²) >= 11 is 6.85. The molecule has 0 N–H and O–H groups in total. The van der Waals surface area contributed by atoms with Crippen LogP contribution in [0, 0.1) is 0 Å². The van der Waals surface area contributed by atoms with Crippen molar-refractivity contribution in [2.45, 2.75) is 0 Å². The van der Waals surface area contributed by atoms with Crippen molar-refractivity contribution in [2.24, 2.45) is 7.05 Å². The lowest BCUT2D eigenvalue weighted by atomic mass is 10.3. The van der Waals surface area contributed by atoms with Gasteiger partial charge in [-0.15, -0.1) is 5.10 Å². The molecule has 0 bridgehead atoms. The Labute approximate surface area is 104 Å². The Balaban J connectivity index is 2.28. The van der Waals surface area contributed by atoms with Crippen LogP contribution in [0.3, 0.4) is 0 Å². The minimum absolute atomic E-state index is 0.580. The van der Waals surface area contributed by atoms with Gasteiger partial charge >= 0.3 is 0 Å². The minimum Gasteiger partial charge on any atom is -0.436 e. The van der Waals surface area contributed by atoms with Crippen LogP contribution in [0.2, 0.25) is 0 Å². The van der Waals surface area contributed by atoms with Gasteiger partial charge in [0, 0.05) is 23.8 Å². The average molecular weight is 332 g/mol. The molecule has 0 saturated carbocycles. The fraction of sp³-hybridized carbons (Fsp3) is 0.100. The fourth-order valence-electron chi connectivity index (χ4n) is 1.12.